The molecule has 0 atom stereocenters. The van der Waals surface area contributed by atoms with E-state index < -0.39 is 0 Å². The molecular weight excluding hydrogens is 274 g/mol. The van der Waals surface area contributed by atoms with Gasteiger partial charge in [0, 0.05) is 17.6 Å². The minimum atomic E-state index is 0.0862. The van der Waals surface area contributed by atoms with Crippen LogP contribution in [-0.4, -0.2) is 30.0 Å². The minimum absolute atomic E-state index is 0.0862. The maximum atomic E-state index is 12.3. The van der Waals surface area contributed by atoms with Gasteiger partial charge in [-0.05, 0) is 49.4 Å². The second-order valence-corrected chi connectivity index (χ2v) is 6.18. The molecule has 0 N–H and O–H groups in total. The third-order valence-corrected chi connectivity index (χ3v) is 3.68. The van der Waals surface area contributed by atoms with E-state index in [1.54, 1.807) is 24.3 Å². The van der Waals surface area contributed by atoms with E-state index in [2.05, 4.69) is 13.8 Å². The molecule has 0 aromatic heterocycles. The second-order valence-electron chi connectivity index (χ2n) is 5.74. The number of ether oxygens (including phenoxy) is 1. The maximum Gasteiger partial charge on any atom is 0.260 e. The number of hydrogen-bond acceptors (Lipinski definition) is 2. The van der Waals surface area contributed by atoms with E-state index in [9.17, 15) is 4.79 Å². The zero-order valence-electron chi connectivity index (χ0n) is 12.1. The Morgan fingerprint density at radius 3 is 2.55 bits per heavy atom. The van der Waals surface area contributed by atoms with Crippen LogP contribution in [0.3, 0.4) is 0 Å². The third kappa shape index (κ3) is 4.71. The number of halogens is 1. The minimum Gasteiger partial charge on any atom is -0.484 e. The molecule has 1 fully saturated rings. The predicted octanol–water partition coefficient (Wildman–Crippen LogP) is 3.76. The van der Waals surface area contributed by atoms with Crippen LogP contribution in [-0.2, 0) is 4.79 Å². The summed E-state index contributed by atoms with van der Waals surface area (Å²) in [5.41, 5.74) is 0. The fourth-order valence-corrected chi connectivity index (χ4v) is 2.18. The van der Waals surface area contributed by atoms with E-state index in [0.717, 1.165) is 25.8 Å². The summed E-state index contributed by atoms with van der Waals surface area (Å²) < 4.78 is 5.54. The van der Waals surface area contributed by atoms with Crippen LogP contribution in [0, 0.1) is 5.92 Å². The summed E-state index contributed by atoms with van der Waals surface area (Å²) in [5, 5.41) is 0.667. The van der Waals surface area contributed by atoms with Crippen molar-refractivity contribution < 1.29 is 9.53 Å². The van der Waals surface area contributed by atoms with E-state index in [-0.39, 0.29) is 12.5 Å². The summed E-state index contributed by atoms with van der Waals surface area (Å²) in [7, 11) is 0. The average molecular weight is 296 g/mol. The van der Waals surface area contributed by atoms with Crippen LogP contribution in [0.5, 0.6) is 5.75 Å². The Balaban J connectivity index is 1.83. The number of rotatable bonds is 7. The van der Waals surface area contributed by atoms with E-state index in [1.807, 2.05) is 4.90 Å². The van der Waals surface area contributed by atoms with Crippen LogP contribution >= 0.6 is 11.6 Å². The lowest BCUT2D eigenvalue weighted by Crippen LogP contribution is -2.37. The third-order valence-electron chi connectivity index (χ3n) is 3.43. The number of hydrogen-bond donors (Lipinski definition) is 0. The Morgan fingerprint density at radius 1 is 1.35 bits per heavy atom. The van der Waals surface area contributed by atoms with Gasteiger partial charge in [-0.25, -0.2) is 0 Å². The van der Waals surface area contributed by atoms with E-state index in [4.69, 9.17) is 16.3 Å². The van der Waals surface area contributed by atoms with Gasteiger partial charge in [-0.1, -0.05) is 25.4 Å². The largest absolute Gasteiger partial charge is 0.484 e. The van der Waals surface area contributed by atoms with Crippen molar-refractivity contribution in [1.29, 1.82) is 0 Å². The average Bonchev–Trinajstić information content (AvgIpc) is 3.22. The fourth-order valence-electron chi connectivity index (χ4n) is 2.05. The first-order valence-corrected chi connectivity index (χ1v) is 7.62. The molecule has 1 saturated carbocycles. The highest BCUT2D eigenvalue weighted by molar-refractivity contribution is 6.30. The predicted molar refractivity (Wildman–Crippen MR) is 81.1 cm³/mol. The molecule has 0 aliphatic heterocycles. The highest BCUT2D eigenvalue weighted by Gasteiger charge is 2.32. The summed E-state index contributed by atoms with van der Waals surface area (Å²) in [6.07, 6.45) is 3.30. The van der Waals surface area contributed by atoms with Crippen molar-refractivity contribution >= 4 is 17.5 Å². The smallest absolute Gasteiger partial charge is 0.260 e. The zero-order chi connectivity index (χ0) is 14.5. The molecule has 0 heterocycles. The Labute approximate surface area is 125 Å². The van der Waals surface area contributed by atoms with E-state index >= 15 is 0 Å². The van der Waals surface area contributed by atoms with Gasteiger partial charge in [-0.15, -0.1) is 0 Å². The molecule has 1 aliphatic rings. The fraction of sp³-hybridized carbons (Fsp3) is 0.562. The van der Waals surface area contributed by atoms with Crippen molar-refractivity contribution in [2.24, 2.45) is 5.92 Å². The molecule has 0 saturated heterocycles. The summed E-state index contributed by atoms with van der Waals surface area (Å²) in [6.45, 7) is 5.31. The summed E-state index contributed by atoms with van der Waals surface area (Å²) >= 11 is 5.81. The summed E-state index contributed by atoms with van der Waals surface area (Å²) in [5.74, 6) is 1.38. The van der Waals surface area contributed by atoms with Crippen molar-refractivity contribution in [2.75, 3.05) is 13.2 Å². The van der Waals surface area contributed by atoms with Crippen molar-refractivity contribution in [2.45, 2.75) is 39.2 Å². The normalized spacial score (nSPS) is 14.4. The van der Waals surface area contributed by atoms with Gasteiger partial charge in [0.05, 0.1) is 0 Å². The molecule has 20 heavy (non-hydrogen) atoms. The number of benzene rings is 1. The lowest BCUT2D eigenvalue weighted by atomic mass is 10.1. The molecule has 2 rings (SSSR count). The van der Waals surface area contributed by atoms with Gasteiger partial charge in [0.2, 0.25) is 0 Å². The van der Waals surface area contributed by atoms with Crippen LogP contribution in [0.1, 0.15) is 33.1 Å². The summed E-state index contributed by atoms with van der Waals surface area (Å²) in [6, 6.07) is 7.53. The molecule has 0 bridgehead atoms. The van der Waals surface area contributed by atoms with Crippen molar-refractivity contribution in [1.82, 2.24) is 4.90 Å². The molecule has 0 spiro atoms. The molecule has 1 aromatic carbocycles. The topological polar surface area (TPSA) is 29.5 Å². The van der Waals surface area contributed by atoms with Gasteiger partial charge in [-0.3, -0.25) is 4.79 Å². The highest BCUT2D eigenvalue weighted by atomic mass is 35.5. The molecule has 0 unspecified atom stereocenters. The SMILES string of the molecule is CC(C)CCN(C(=O)COc1ccc(Cl)cc1)C1CC1. The highest BCUT2D eigenvalue weighted by Crippen LogP contribution is 2.27. The molecular formula is C16H22ClNO2. The first kappa shape index (κ1) is 15.2. The van der Waals surface area contributed by atoms with Gasteiger partial charge in [0.25, 0.3) is 5.91 Å². The Morgan fingerprint density at radius 2 is 2.00 bits per heavy atom. The standard InChI is InChI=1S/C16H22ClNO2/c1-12(2)9-10-18(14-5-6-14)16(19)11-20-15-7-3-13(17)4-8-15/h3-4,7-8,12,14H,5-6,9-11H2,1-2H3. The number of amides is 1. The van der Waals surface area contributed by atoms with Gasteiger partial charge < -0.3 is 9.64 Å². The summed E-state index contributed by atoms with van der Waals surface area (Å²) in [4.78, 5) is 14.2. The van der Waals surface area contributed by atoms with Crippen LogP contribution in [0.4, 0.5) is 0 Å². The first-order chi connectivity index (χ1) is 9.56. The molecule has 1 aromatic rings. The lowest BCUT2D eigenvalue weighted by Gasteiger charge is -2.23. The molecule has 4 heteroatoms. The maximum absolute atomic E-state index is 12.3. The van der Waals surface area contributed by atoms with Gasteiger partial charge in [0.1, 0.15) is 5.75 Å². The van der Waals surface area contributed by atoms with Crippen LogP contribution < -0.4 is 4.74 Å². The van der Waals surface area contributed by atoms with Gasteiger partial charge in [-0.2, -0.15) is 0 Å². The van der Waals surface area contributed by atoms with Crippen LogP contribution in [0.25, 0.3) is 0 Å². The Kier molecular flexibility index (Phi) is 5.30. The van der Waals surface area contributed by atoms with Crippen molar-refractivity contribution in [3.05, 3.63) is 29.3 Å². The van der Waals surface area contributed by atoms with Gasteiger partial charge >= 0.3 is 0 Å². The number of carbonyl (C=O) groups is 1. The Hall–Kier alpha value is -1.22. The first-order valence-electron chi connectivity index (χ1n) is 7.24. The van der Waals surface area contributed by atoms with Crippen molar-refractivity contribution in [3.63, 3.8) is 0 Å². The number of carbonyl (C=O) groups excluding carboxylic acids is 1. The molecule has 1 aliphatic carbocycles. The second kappa shape index (κ2) is 6.98. The molecule has 0 radical (unpaired) electrons. The van der Waals surface area contributed by atoms with Crippen LogP contribution in [0.2, 0.25) is 5.02 Å². The zero-order valence-corrected chi connectivity index (χ0v) is 12.9. The molecule has 3 nitrogen and oxygen atoms in total. The quantitative estimate of drug-likeness (QED) is 0.766. The van der Waals surface area contributed by atoms with Crippen molar-refractivity contribution in [3.8, 4) is 5.75 Å². The molecule has 1 amide bonds. The lowest BCUT2D eigenvalue weighted by molar-refractivity contribution is -0.134. The Bertz CT molecular complexity index is 440. The van der Waals surface area contributed by atoms with E-state index in [0.29, 0.717) is 22.7 Å². The number of nitrogens with zero attached hydrogens (tertiary/aromatic N) is 1. The monoisotopic (exact) mass is 295 g/mol. The molecule has 110 valence electrons. The van der Waals surface area contributed by atoms with E-state index in [1.165, 1.54) is 0 Å². The van der Waals surface area contributed by atoms with Crippen LogP contribution in [0.15, 0.2) is 24.3 Å². The van der Waals surface area contributed by atoms with Gasteiger partial charge in [0.15, 0.2) is 6.61 Å².